The smallest absolute Gasteiger partial charge is 0.223 e. The molecule has 1 atom stereocenters. The number of hydrogen-bond acceptors (Lipinski definition) is 5. The van der Waals surface area contributed by atoms with E-state index in [0.29, 0.717) is 11.6 Å². The number of hydrogen-bond donors (Lipinski definition) is 1. The van der Waals surface area contributed by atoms with Crippen LogP contribution in [0.5, 0.6) is 0 Å². The van der Waals surface area contributed by atoms with Crippen molar-refractivity contribution in [3.63, 3.8) is 0 Å². The molecule has 2 aromatic rings. The van der Waals surface area contributed by atoms with E-state index in [9.17, 15) is 4.79 Å². The van der Waals surface area contributed by atoms with Gasteiger partial charge < -0.3 is 15.0 Å². The van der Waals surface area contributed by atoms with Gasteiger partial charge in [-0.3, -0.25) is 9.78 Å². The molecule has 1 amide bonds. The molecule has 1 N–H and O–H groups in total. The van der Waals surface area contributed by atoms with Crippen molar-refractivity contribution < 1.29 is 9.53 Å². The third-order valence-corrected chi connectivity index (χ3v) is 5.25. The lowest BCUT2D eigenvalue weighted by Gasteiger charge is -2.34. The Balaban J connectivity index is 1.41. The molecule has 0 bridgehead atoms. The highest BCUT2D eigenvalue weighted by Gasteiger charge is 2.28. The summed E-state index contributed by atoms with van der Waals surface area (Å²) in [5.74, 6) is 0.219. The van der Waals surface area contributed by atoms with E-state index in [4.69, 9.17) is 16.3 Å². The molecule has 2 aliphatic heterocycles. The van der Waals surface area contributed by atoms with E-state index in [0.717, 1.165) is 50.3 Å². The summed E-state index contributed by atoms with van der Waals surface area (Å²) >= 11 is 6.01. The number of amides is 1. The van der Waals surface area contributed by atoms with Crippen LogP contribution < -0.4 is 10.2 Å². The molecule has 4 rings (SSSR count). The minimum atomic E-state index is 0.0612. The van der Waals surface area contributed by atoms with Gasteiger partial charge >= 0.3 is 0 Å². The van der Waals surface area contributed by atoms with Crippen LogP contribution in [0.15, 0.2) is 30.9 Å². The monoisotopic (exact) mass is 375 g/mol. The summed E-state index contributed by atoms with van der Waals surface area (Å²) in [4.78, 5) is 19.0. The van der Waals surface area contributed by atoms with E-state index in [1.165, 1.54) is 0 Å². The third kappa shape index (κ3) is 3.68. The van der Waals surface area contributed by atoms with Crippen molar-refractivity contribution in [1.29, 1.82) is 0 Å². The number of anilines is 1. The van der Waals surface area contributed by atoms with Crippen molar-refractivity contribution in [2.45, 2.75) is 25.3 Å². The van der Waals surface area contributed by atoms with E-state index in [2.05, 4.69) is 20.3 Å². The maximum Gasteiger partial charge on any atom is 0.223 e. The molecule has 2 saturated heterocycles. The summed E-state index contributed by atoms with van der Waals surface area (Å²) in [6.07, 6.45) is 9.57. The second-order valence-electron chi connectivity index (χ2n) is 6.80. The predicted octanol–water partition coefficient (Wildman–Crippen LogP) is 2.04. The number of carbonyl (C=O) groups excluding carboxylic acids is 1. The van der Waals surface area contributed by atoms with E-state index in [1.807, 2.05) is 12.3 Å². The Morgan fingerprint density at radius 3 is 2.77 bits per heavy atom. The second-order valence-corrected chi connectivity index (χ2v) is 7.23. The summed E-state index contributed by atoms with van der Waals surface area (Å²) in [6.45, 7) is 3.00. The van der Waals surface area contributed by atoms with E-state index < -0.39 is 0 Å². The lowest BCUT2D eigenvalue weighted by molar-refractivity contribution is -0.126. The van der Waals surface area contributed by atoms with Gasteiger partial charge in [-0.05, 0) is 25.3 Å². The lowest BCUT2D eigenvalue weighted by atomic mass is 9.95. The molecule has 2 aliphatic rings. The molecular formula is C18H22ClN5O2. The molecule has 4 heterocycles. The SMILES string of the molecule is O=C(NC1CCOC1)C1CCN(c2cnccc2-n2cc(Cl)cn2)CC1. The number of pyridine rings is 1. The zero-order valence-electron chi connectivity index (χ0n) is 14.5. The number of carbonyl (C=O) groups is 1. The Hall–Kier alpha value is -2.12. The van der Waals surface area contributed by atoms with Crippen molar-refractivity contribution in [2.24, 2.45) is 5.92 Å². The van der Waals surface area contributed by atoms with Crippen molar-refractivity contribution in [3.05, 3.63) is 35.9 Å². The van der Waals surface area contributed by atoms with Gasteiger partial charge in [0.2, 0.25) is 5.91 Å². The Morgan fingerprint density at radius 2 is 2.08 bits per heavy atom. The fourth-order valence-electron chi connectivity index (χ4n) is 3.60. The van der Waals surface area contributed by atoms with Crippen molar-refractivity contribution >= 4 is 23.2 Å². The maximum absolute atomic E-state index is 12.5. The van der Waals surface area contributed by atoms with E-state index in [1.54, 1.807) is 23.3 Å². The number of nitrogens with zero attached hydrogens (tertiary/aromatic N) is 4. The number of aromatic nitrogens is 3. The number of halogens is 1. The fraction of sp³-hybridized carbons (Fsp3) is 0.500. The van der Waals surface area contributed by atoms with Crippen LogP contribution in [0.1, 0.15) is 19.3 Å². The van der Waals surface area contributed by atoms with E-state index >= 15 is 0 Å². The van der Waals surface area contributed by atoms with Gasteiger partial charge in [-0.25, -0.2) is 4.68 Å². The van der Waals surface area contributed by atoms with Crippen LogP contribution in [0.4, 0.5) is 5.69 Å². The van der Waals surface area contributed by atoms with Crippen LogP contribution in [0.3, 0.4) is 0 Å². The van der Waals surface area contributed by atoms with E-state index in [-0.39, 0.29) is 17.9 Å². The topological polar surface area (TPSA) is 72.3 Å². The fourth-order valence-corrected chi connectivity index (χ4v) is 3.73. The van der Waals surface area contributed by atoms with Crippen LogP contribution in [-0.2, 0) is 9.53 Å². The minimum absolute atomic E-state index is 0.0612. The number of ether oxygens (including phenoxy) is 1. The first-order chi connectivity index (χ1) is 12.7. The summed E-state index contributed by atoms with van der Waals surface area (Å²) in [5.41, 5.74) is 1.95. The molecule has 0 aromatic carbocycles. The molecule has 0 aliphatic carbocycles. The molecule has 2 aromatic heterocycles. The average Bonchev–Trinajstić information content (AvgIpc) is 3.33. The molecule has 1 unspecified atom stereocenters. The zero-order valence-corrected chi connectivity index (χ0v) is 15.2. The van der Waals surface area contributed by atoms with Gasteiger partial charge in [0, 0.05) is 38.0 Å². The highest BCUT2D eigenvalue weighted by atomic mass is 35.5. The van der Waals surface area contributed by atoms with Crippen LogP contribution in [0, 0.1) is 5.92 Å². The molecule has 0 saturated carbocycles. The predicted molar refractivity (Wildman–Crippen MR) is 98.7 cm³/mol. The molecule has 7 nitrogen and oxygen atoms in total. The average molecular weight is 376 g/mol. The zero-order chi connectivity index (χ0) is 17.9. The summed E-state index contributed by atoms with van der Waals surface area (Å²) < 4.78 is 7.09. The van der Waals surface area contributed by atoms with Gasteiger partial charge in [0.25, 0.3) is 0 Å². The third-order valence-electron chi connectivity index (χ3n) is 5.06. The number of nitrogens with one attached hydrogen (secondary N) is 1. The maximum atomic E-state index is 12.5. The summed E-state index contributed by atoms with van der Waals surface area (Å²) in [6, 6.07) is 2.10. The second kappa shape index (κ2) is 7.63. The van der Waals surface area contributed by atoms with Gasteiger partial charge in [0.1, 0.15) is 0 Å². The Labute approximate surface area is 157 Å². The van der Waals surface area contributed by atoms with Gasteiger partial charge in [0.05, 0.1) is 41.4 Å². The van der Waals surface area contributed by atoms with Crippen molar-refractivity contribution in [1.82, 2.24) is 20.1 Å². The summed E-state index contributed by atoms with van der Waals surface area (Å²) in [5, 5.41) is 8.01. The Morgan fingerprint density at radius 1 is 1.23 bits per heavy atom. The molecule has 0 spiro atoms. The van der Waals surface area contributed by atoms with Gasteiger partial charge in [-0.15, -0.1) is 0 Å². The number of piperidine rings is 1. The first-order valence-electron chi connectivity index (χ1n) is 8.98. The van der Waals surface area contributed by atoms with Crippen LogP contribution in [0.25, 0.3) is 5.69 Å². The quantitative estimate of drug-likeness (QED) is 0.885. The van der Waals surface area contributed by atoms with Crippen LogP contribution in [0.2, 0.25) is 5.02 Å². The lowest BCUT2D eigenvalue weighted by Crippen LogP contribution is -2.44. The molecule has 2 fully saturated rings. The van der Waals surface area contributed by atoms with Gasteiger partial charge in [0.15, 0.2) is 0 Å². The largest absolute Gasteiger partial charge is 0.379 e. The molecule has 0 radical (unpaired) electrons. The van der Waals surface area contributed by atoms with Gasteiger partial charge in [-0.2, -0.15) is 5.10 Å². The molecule has 8 heteroatoms. The standard InChI is InChI=1S/C18H22ClN5O2/c19-14-9-21-24(11-14)16-1-5-20-10-17(16)23-6-2-13(3-7-23)18(25)22-15-4-8-26-12-15/h1,5,9-11,13,15H,2-4,6-8,12H2,(H,22,25). The van der Waals surface area contributed by atoms with Crippen molar-refractivity contribution in [2.75, 3.05) is 31.2 Å². The molecule has 26 heavy (non-hydrogen) atoms. The first-order valence-corrected chi connectivity index (χ1v) is 9.36. The molecular weight excluding hydrogens is 354 g/mol. The van der Waals surface area contributed by atoms with Gasteiger partial charge in [-0.1, -0.05) is 11.6 Å². The number of rotatable bonds is 4. The Kier molecular flexibility index (Phi) is 5.08. The van der Waals surface area contributed by atoms with Crippen LogP contribution in [-0.4, -0.2) is 53.0 Å². The van der Waals surface area contributed by atoms with Crippen LogP contribution >= 0.6 is 11.6 Å². The molecule has 138 valence electrons. The van der Waals surface area contributed by atoms with Crippen molar-refractivity contribution in [3.8, 4) is 5.69 Å². The summed E-state index contributed by atoms with van der Waals surface area (Å²) in [7, 11) is 0. The highest BCUT2D eigenvalue weighted by Crippen LogP contribution is 2.28. The normalized spacial score (nSPS) is 21.1. The highest BCUT2D eigenvalue weighted by molar-refractivity contribution is 6.30. The first kappa shape index (κ1) is 17.3. The Bertz CT molecular complexity index is 766. The minimum Gasteiger partial charge on any atom is -0.379 e.